The second-order valence-electron chi connectivity index (χ2n) is 4.71. The number of carboxylic acids is 1. The molecule has 1 saturated heterocycles. The van der Waals surface area contributed by atoms with Crippen LogP contribution in [0.4, 0.5) is 0 Å². The van der Waals surface area contributed by atoms with E-state index in [0.717, 1.165) is 0 Å². The fraction of sp³-hybridized carbons (Fsp3) is 0.583. The number of rotatable bonds is 3. The van der Waals surface area contributed by atoms with Gasteiger partial charge in [-0.3, -0.25) is 9.59 Å². The summed E-state index contributed by atoms with van der Waals surface area (Å²) in [6.45, 7) is 4.22. The first kappa shape index (κ1) is 12.6. The molecule has 1 aliphatic rings. The number of aromatic nitrogens is 1. The van der Waals surface area contributed by atoms with Crippen LogP contribution in [0.1, 0.15) is 35.9 Å². The molecule has 6 heteroatoms. The van der Waals surface area contributed by atoms with Crippen LogP contribution in [0, 0.1) is 12.3 Å². The number of carbonyl (C=O) groups is 2. The van der Waals surface area contributed by atoms with Gasteiger partial charge in [0, 0.05) is 13.1 Å². The molecule has 0 aromatic carbocycles. The van der Waals surface area contributed by atoms with Gasteiger partial charge < -0.3 is 14.5 Å². The topological polar surface area (TPSA) is 83.6 Å². The van der Waals surface area contributed by atoms with Gasteiger partial charge in [-0.25, -0.2) is 0 Å². The van der Waals surface area contributed by atoms with E-state index in [0.29, 0.717) is 30.7 Å². The average Bonchev–Trinajstić information content (AvgIpc) is 2.95. The van der Waals surface area contributed by atoms with Crippen molar-refractivity contribution in [3.05, 3.63) is 17.5 Å². The summed E-state index contributed by atoms with van der Waals surface area (Å²) in [6, 6.07) is 0. The Balaban J connectivity index is 2.17. The lowest BCUT2D eigenvalue weighted by Crippen LogP contribution is -2.36. The first-order valence-electron chi connectivity index (χ1n) is 5.94. The van der Waals surface area contributed by atoms with Crippen LogP contribution < -0.4 is 0 Å². The molecule has 1 unspecified atom stereocenters. The van der Waals surface area contributed by atoms with E-state index in [1.807, 2.05) is 6.92 Å². The Morgan fingerprint density at radius 1 is 1.61 bits per heavy atom. The lowest BCUT2D eigenvalue weighted by atomic mass is 9.84. The predicted molar refractivity (Wildman–Crippen MR) is 62.1 cm³/mol. The van der Waals surface area contributed by atoms with Gasteiger partial charge in [0.1, 0.15) is 11.3 Å². The van der Waals surface area contributed by atoms with Gasteiger partial charge in [0.05, 0.1) is 11.6 Å². The van der Waals surface area contributed by atoms with Crippen molar-refractivity contribution in [2.45, 2.75) is 26.7 Å². The van der Waals surface area contributed by atoms with E-state index in [1.54, 1.807) is 11.8 Å². The number of amides is 1. The van der Waals surface area contributed by atoms with Crippen LogP contribution in [0.3, 0.4) is 0 Å². The number of aryl methyl sites for hydroxylation is 1. The summed E-state index contributed by atoms with van der Waals surface area (Å²) in [7, 11) is 0. The molecule has 0 aliphatic carbocycles. The van der Waals surface area contributed by atoms with Crippen molar-refractivity contribution in [3.63, 3.8) is 0 Å². The number of hydrogen-bond acceptors (Lipinski definition) is 4. The number of carboxylic acid groups (broad SMARTS) is 1. The molecule has 0 saturated carbocycles. The SMILES string of the molecule is CCC1(C(=O)O)CCN(C(=O)c2cnoc2C)C1. The molecule has 1 amide bonds. The highest BCUT2D eigenvalue weighted by molar-refractivity contribution is 5.95. The Kier molecular flexibility index (Phi) is 3.11. The Labute approximate surface area is 105 Å². The predicted octanol–water partition coefficient (Wildman–Crippen LogP) is 1.31. The van der Waals surface area contributed by atoms with Crippen molar-refractivity contribution in [3.8, 4) is 0 Å². The smallest absolute Gasteiger partial charge is 0.311 e. The molecule has 0 bridgehead atoms. The van der Waals surface area contributed by atoms with Crippen LogP contribution in [-0.2, 0) is 4.79 Å². The minimum atomic E-state index is -0.831. The first-order valence-corrected chi connectivity index (χ1v) is 5.94. The van der Waals surface area contributed by atoms with Gasteiger partial charge in [0.25, 0.3) is 5.91 Å². The summed E-state index contributed by atoms with van der Waals surface area (Å²) in [6.07, 6.45) is 2.40. The largest absolute Gasteiger partial charge is 0.481 e. The van der Waals surface area contributed by atoms with Gasteiger partial charge in [-0.2, -0.15) is 0 Å². The maximum absolute atomic E-state index is 12.2. The summed E-state index contributed by atoms with van der Waals surface area (Å²) in [5.41, 5.74) is -0.395. The number of hydrogen-bond donors (Lipinski definition) is 1. The fourth-order valence-electron chi connectivity index (χ4n) is 2.33. The zero-order valence-corrected chi connectivity index (χ0v) is 10.5. The third kappa shape index (κ3) is 1.87. The highest BCUT2D eigenvalue weighted by Gasteiger charge is 2.45. The van der Waals surface area contributed by atoms with Gasteiger partial charge in [0.15, 0.2) is 0 Å². The number of carbonyl (C=O) groups excluding carboxylic acids is 1. The fourth-order valence-corrected chi connectivity index (χ4v) is 2.33. The maximum atomic E-state index is 12.2. The molecule has 1 aromatic rings. The van der Waals surface area contributed by atoms with E-state index < -0.39 is 11.4 Å². The first-order chi connectivity index (χ1) is 8.50. The Morgan fingerprint density at radius 3 is 2.78 bits per heavy atom. The summed E-state index contributed by atoms with van der Waals surface area (Å²) in [5.74, 6) is -0.572. The minimum absolute atomic E-state index is 0.203. The van der Waals surface area contributed by atoms with Crippen molar-refractivity contribution in [2.75, 3.05) is 13.1 Å². The molecule has 6 nitrogen and oxygen atoms in total. The third-order valence-corrected chi connectivity index (χ3v) is 3.75. The van der Waals surface area contributed by atoms with Crippen molar-refractivity contribution < 1.29 is 19.2 Å². The standard InChI is InChI=1S/C12H16N2O4/c1-3-12(11(16)17)4-5-14(7-12)10(15)9-6-13-18-8(9)2/h6H,3-5,7H2,1-2H3,(H,16,17). The molecule has 1 atom stereocenters. The monoisotopic (exact) mass is 252 g/mol. The third-order valence-electron chi connectivity index (χ3n) is 3.75. The molecule has 2 heterocycles. The summed E-state index contributed by atoms with van der Waals surface area (Å²) >= 11 is 0. The molecule has 1 N–H and O–H groups in total. The maximum Gasteiger partial charge on any atom is 0.311 e. The van der Waals surface area contributed by atoms with Crippen LogP contribution >= 0.6 is 0 Å². The highest BCUT2D eigenvalue weighted by atomic mass is 16.5. The summed E-state index contributed by atoms with van der Waals surface area (Å²) < 4.78 is 4.86. The zero-order valence-electron chi connectivity index (χ0n) is 10.5. The molecule has 98 valence electrons. The van der Waals surface area contributed by atoms with E-state index >= 15 is 0 Å². The molecule has 18 heavy (non-hydrogen) atoms. The van der Waals surface area contributed by atoms with Crippen LogP contribution in [-0.4, -0.2) is 40.1 Å². The Hall–Kier alpha value is -1.85. The molecule has 1 aliphatic heterocycles. The van der Waals surface area contributed by atoms with Crippen molar-refractivity contribution in [1.82, 2.24) is 10.1 Å². The van der Waals surface area contributed by atoms with Crippen molar-refractivity contribution in [2.24, 2.45) is 5.41 Å². The molecule has 2 rings (SSSR count). The summed E-state index contributed by atoms with van der Waals surface area (Å²) in [5, 5.41) is 12.8. The van der Waals surface area contributed by atoms with Gasteiger partial charge in [-0.05, 0) is 19.8 Å². The van der Waals surface area contributed by atoms with Crippen LogP contribution in [0.2, 0.25) is 0 Å². The molecular weight excluding hydrogens is 236 g/mol. The number of nitrogens with zero attached hydrogens (tertiary/aromatic N) is 2. The quantitative estimate of drug-likeness (QED) is 0.876. The van der Waals surface area contributed by atoms with Gasteiger partial charge in [-0.15, -0.1) is 0 Å². The highest BCUT2D eigenvalue weighted by Crippen LogP contribution is 2.35. The molecular formula is C12H16N2O4. The lowest BCUT2D eigenvalue weighted by molar-refractivity contribution is -0.148. The number of aliphatic carboxylic acids is 1. The van der Waals surface area contributed by atoms with Crippen molar-refractivity contribution in [1.29, 1.82) is 0 Å². The van der Waals surface area contributed by atoms with E-state index in [9.17, 15) is 14.7 Å². The van der Waals surface area contributed by atoms with Gasteiger partial charge in [0.2, 0.25) is 0 Å². The molecule has 1 aromatic heterocycles. The van der Waals surface area contributed by atoms with Gasteiger partial charge >= 0.3 is 5.97 Å². The zero-order chi connectivity index (χ0) is 13.3. The normalized spacial score (nSPS) is 23.3. The van der Waals surface area contributed by atoms with Crippen molar-refractivity contribution >= 4 is 11.9 Å². The molecule has 0 spiro atoms. The Bertz CT molecular complexity index is 482. The van der Waals surface area contributed by atoms with Crippen LogP contribution in [0.5, 0.6) is 0 Å². The average molecular weight is 252 g/mol. The van der Waals surface area contributed by atoms with Gasteiger partial charge in [-0.1, -0.05) is 12.1 Å². The Morgan fingerprint density at radius 2 is 2.33 bits per heavy atom. The number of likely N-dealkylation sites (tertiary alicyclic amines) is 1. The molecule has 0 radical (unpaired) electrons. The van der Waals surface area contributed by atoms with E-state index in [-0.39, 0.29) is 12.5 Å². The van der Waals surface area contributed by atoms with E-state index in [1.165, 1.54) is 6.20 Å². The minimum Gasteiger partial charge on any atom is -0.481 e. The summed E-state index contributed by atoms with van der Waals surface area (Å²) in [4.78, 5) is 25.1. The molecule has 1 fully saturated rings. The second kappa shape index (κ2) is 4.44. The van der Waals surface area contributed by atoms with Crippen LogP contribution in [0.15, 0.2) is 10.7 Å². The second-order valence-corrected chi connectivity index (χ2v) is 4.71. The van der Waals surface area contributed by atoms with E-state index in [4.69, 9.17) is 4.52 Å². The van der Waals surface area contributed by atoms with E-state index in [2.05, 4.69) is 5.16 Å². The lowest BCUT2D eigenvalue weighted by Gasteiger charge is -2.22. The van der Waals surface area contributed by atoms with Crippen LogP contribution in [0.25, 0.3) is 0 Å².